The van der Waals surface area contributed by atoms with Crippen LogP contribution in [-0.2, 0) is 27.2 Å². The molecular formula is C19H23NO3S. The molecule has 4 nitrogen and oxygen atoms in total. The summed E-state index contributed by atoms with van der Waals surface area (Å²) in [6.07, 6.45) is 1.40. The normalized spacial score (nSPS) is 10.4. The maximum atomic E-state index is 12.6. The molecule has 24 heavy (non-hydrogen) atoms. The monoisotopic (exact) mass is 345 g/mol. The lowest BCUT2D eigenvalue weighted by Crippen LogP contribution is -2.36. The lowest BCUT2D eigenvalue weighted by Gasteiger charge is -2.22. The lowest BCUT2D eigenvalue weighted by atomic mass is 10.1. The van der Waals surface area contributed by atoms with Crippen molar-refractivity contribution in [3.63, 3.8) is 0 Å². The molecule has 0 fully saturated rings. The van der Waals surface area contributed by atoms with Gasteiger partial charge in [-0.25, -0.2) is 0 Å². The summed E-state index contributed by atoms with van der Waals surface area (Å²) < 4.78 is 4.97. The van der Waals surface area contributed by atoms with Gasteiger partial charge in [-0.2, -0.15) is 0 Å². The topological polar surface area (TPSA) is 46.6 Å². The van der Waals surface area contributed by atoms with Crippen LogP contribution < -0.4 is 0 Å². The van der Waals surface area contributed by atoms with E-state index in [4.69, 9.17) is 4.74 Å². The minimum atomic E-state index is -0.258. The fourth-order valence-corrected chi connectivity index (χ4v) is 3.10. The van der Waals surface area contributed by atoms with Crippen molar-refractivity contribution in [1.82, 2.24) is 4.90 Å². The van der Waals surface area contributed by atoms with Crippen molar-refractivity contribution < 1.29 is 14.3 Å². The van der Waals surface area contributed by atoms with Gasteiger partial charge in [0.15, 0.2) is 0 Å². The van der Waals surface area contributed by atoms with Gasteiger partial charge in [-0.3, -0.25) is 9.59 Å². The summed E-state index contributed by atoms with van der Waals surface area (Å²) in [6, 6.07) is 14.0. The molecule has 0 bridgehead atoms. The van der Waals surface area contributed by atoms with E-state index in [2.05, 4.69) is 0 Å². The fourth-order valence-electron chi connectivity index (χ4n) is 2.40. The molecule has 1 heterocycles. The Morgan fingerprint density at radius 3 is 2.54 bits per heavy atom. The predicted octanol–water partition coefficient (Wildman–Crippen LogP) is 3.32. The van der Waals surface area contributed by atoms with Crippen LogP contribution in [0.2, 0.25) is 0 Å². The second-order valence-corrected chi connectivity index (χ2v) is 6.46. The first-order chi connectivity index (χ1) is 11.7. The van der Waals surface area contributed by atoms with Crippen LogP contribution in [0.5, 0.6) is 0 Å². The number of carbonyl (C=O) groups is 2. The summed E-state index contributed by atoms with van der Waals surface area (Å²) >= 11 is 1.58. The maximum absolute atomic E-state index is 12.6. The average molecular weight is 345 g/mol. The highest BCUT2D eigenvalue weighted by Gasteiger charge is 2.16. The third kappa shape index (κ3) is 6.16. The van der Waals surface area contributed by atoms with Crippen LogP contribution in [-0.4, -0.2) is 36.5 Å². The van der Waals surface area contributed by atoms with E-state index in [-0.39, 0.29) is 18.3 Å². The molecule has 2 rings (SSSR count). The molecule has 0 saturated carbocycles. The van der Waals surface area contributed by atoms with Gasteiger partial charge in [-0.1, -0.05) is 36.4 Å². The fraction of sp³-hybridized carbons (Fsp3) is 0.368. The number of ether oxygens (including phenoxy) is 1. The molecule has 0 aliphatic rings. The molecule has 1 amide bonds. The van der Waals surface area contributed by atoms with E-state index < -0.39 is 0 Å². The quantitative estimate of drug-likeness (QED) is 0.655. The molecular weight excluding hydrogens is 322 g/mol. The Labute approximate surface area is 147 Å². The van der Waals surface area contributed by atoms with Gasteiger partial charge in [0, 0.05) is 18.0 Å². The molecule has 2 aromatic rings. The molecule has 0 radical (unpaired) electrons. The van der Waals surface area contributed by atoms with E-state index in [1.165, 1.54) is 5.56 Å². The van der Waals surface area contributed by atoms with Crippen LogP contribution in [0.1, 0.15) is 23.8 Å². The van der Waals surface area contributed by atoms with Crippen LogP contribution in [0.25, 0.3) is 0 Å². The third-order valence-corrected chi connectivity index (χ3v) is 4.54. The zero-order valence-electron chi connectivity index (χ0n) is 13.9. The summed E-state index contributed by atoms with van der Waals surface area (Å²) in [7, 11) is 0. The van der Waals surface area contributed by atoms with Gasteiger partial charge in [0.1, 0.15) is 0 Å². The summed E-state index contributed by atoms with van der Waals surface area (Å²) in [5, 5.41) is 1.97. The van der Waals surface area contributed by atoms with Gasteiger partial charge in [0.2, 0.25) is 5.91 Å². The Kier molecular flexibility index (Phi) is 7.49. The minimum absolute atomic E-state index is 0.0534. The Bertz CT molecular complexity index is 625. The number of rotatable bonds is 9. The lowest BCUT2D eigenvalue weighted by molar-refractivity contribution is -0.144. The van der Waals surface area contributed by atoms with E-state index in [1.54, 1.807) is 23.2 Å². The maximum Gasteiger partial charge on any atom is 0.307 e. The van der Waals surface area contributed by atoms with Gasteiger partial charge in [0.05, 0.1) is 19.4 Å². The number of hydrogen-bond acceptors (Lipinski definition) is 4. The number of benzene rings is 1. The number of carbonyl (C=O) groups excluding carboxylic acids is 2. The Morgan fingerprint density at radius 2 is 1.88 bits per heavy atom. The Morgan fingerprint density at radius 1 is 1.08 bits per heavy atom. The molecule has 1 aromatic heterocycles. The van der Waals surface area contributed by atoms with Crippen molar-refractivity contribution in [3.05, 3.63) is 58.3 Å². The second kappa shape index (κ2) is 9.88. The highest BCUT2D eigenvalue weighted by Crippen LogP contribution is 2.12. The second-order valence-electron chi connectivity index (χ2n) is 5.43. The minimum Gasteiger partial charge on any atom is -0.466 e. The average Bonchev–Trinajstić information content (AvgIpc) is 3.09. The summed E-state index contributed by atoms with van der Waals surface area (Å²) in [5.41, 5.74) is 1.18. The third-order valence-electron chi connectivity index (χ3n) is 3.66. The van der Waals surface area contributed by atoms with E-state index in [9.17, 15) is 9.59 Å². The van der Waals surface area contributed by atoms with Gasteiger partial charge < -0.3 is 9.64 Å². The Balaban J connectivity index is 1.94. The van der Waals surface area contributed by atoms with Gasteiger partial charge >= 0.3 is 5.97 Å². The van der Waals surface area contributed by atoms with Crippen molar-refractivity contribution in [1.29, 1.82) is 0 Å². The van der Waals surface area contributed by atoms with E-state index >= 15 is 0 Å². The number of amides is 1. The van der Waals surface area contributed by atoms with Crippen LogP contribution in [0.4, 0.5) is 0 Å². The number of esters is 1. The standard InChI is InChI=1S/C19H23NO3S/c1-2-23-19(22)11-13-20(12-10-16-7-4-3-5-8-16)18(21)15-17-9-6-14-24-17/h3-9,14H,2,10-13,15H2,1H3. The molecule has 0 saturated heterocycles. The van der Waals surface area contributed by atoms with Gasteiger partial charge in [0.25, 0.3) is 0 Å². The van der Waals surface area contributed by atoms with Crippen LogP contribution >= 0.6 is 11.3 Å². The highest BCUT2D eigenvalue weighted by molar-refractivity contribution is 7.10. The molecule has 0 atom stereocenters. The molecule has 0 aliphatic carbocycles. The summed E-state index contributed by atoms with van der Waals surface area (Å²) in [6.45, 7) is 3.16. The van der Waals surface area contributed by atoms with Crippen LogP contribution in [0.3, 0.4) is 0 Å². The van der Waals surface area contributed by atoms with E-state index in [0.29, 0.717) is 26.1 Å². The van der Waals surface area contributed by atoms with Crippen molar-refractivity contribution in [2.24, 2.45) is 0 Å². The Hall–Kier alpha value is -2.14. The first kappa shape index (κ1) is 18.2. The molecule has 0 N–H and O–H groups in total. The van der Waals surface area contributed by atoms with E-state index in [0.717, 1.165) is 11.3 Å². The molecule has 0 aliphatic heterocycles. The first-order valence-corrected chi connectivity index (χ1v) is 9.06. The molecule has 0 spiro atoms. The van der Waals surface area contributed by atoms with Crippen LogP contribution in [0, 0.1) is 0 Å². The molecule has 0 unspecified atom stereocenters. The van der Waals surface area contributed by atoms with Gasteiger partial charge in [-0.05, 0) is 30.4 Å². The smallest absolute Gasteiger partial charge is 0.307 e. The summed E-state index contributed by atoms with van der Waals surface area (Å²) in [5.74, 6) is -0.205. The number of nitrogens with zero attached hydrogens (tertiary/aromatic N) is 1. The van der Waals surface area contributed by atoms with Crippen molar-refractivity contribution >= 4 is 23.2 Å². The molecule has 1 aromatic carbocycles. The predicted molar refractivity (Wildman–Crippen MR) is 96.0 cm³/mol. The number of thiophene rings is 1. The molecule has 5 heteroatoms. The largest absolute Gasteiger partial charge is 0.466 e. The molecule has 128 valence electrons. The zero-order chi connectivity index (χ0) is 17.2. The summed E-state index contributed by atoms with van der Waals surface area (Å²) in [4.78, 5) is 27.0. The van der Waals surface area contributed by atoms with Crippen molar-refractivity contribution in [3.8, 4) is 0 Å². The van der Waals surface area contributed by atoms with Crippen molar-refractivity contribution in [2.75, 3.05) is 19.7 Å². The number of hydrogen-bond donors (Lipinski definition) is 0. The van der Waals surface area contributed by atoms with Crippen molar-refractivity contribution in [2.45, 2.75) is 26.2 Å². The SMILES string of the molecule is CCOC(=O)CCN(CCc1ccccc1)C(=O)Cc1cccs1. The first-order valence-electron chi connectivity index (χ1n) is 8.18. The van der Waals surface area contributed by atoms with Gasteiger partial charge in [-0.15, -0.1) is 11.3 Å². The van der Waals surface area contributed by atoms with E-state index in [1.807, 2.05) is 47.8 Å². The zero-order valence-corrected chi connectivity index (χ0v) is 14.8. The van der Waals surface area contributed by atoms with Crippen LogP contribution in [0.15, 0.2) is 47.8 Å². The highest BCUT2D eigenvalue weighted by atomic mass is 32.1.